The van der Waals surface area contributed by atoms with Gasteiger partial charge in [-0.1, -0.05) is 0 Å². The molecule has 0 saturated heterocycles. The van der Waals surface area contributed by atoms with Crippen molar-refractivity contribution in [2.24, 2.45) is 15.4 Å². The topological polar surface area (TPSA) is 43.2 Å². The normalized spacial score (nSPS) is 30.7. The quantitative estimate of drug-likeness (QED) is 0.695. The van der Waals surface area contributed by atoms with Crippen LogP contribution in [0.15, 0.2) is 9.98 Å². The molecule has 0 aromatic heterocycles. The molecule has 0 spiro atoms. The van der Waals surface area contributed by atoms with Crippen LogP contribution in [0.5, 0.6) is 0 Å². The van der Waals surface area contributed by atoms with Crippen LogP contribution in [0, 0.1) is 5.41 Å². The van der Waals surface area contributed by atoms with E-state index in [1.807, 2.05) is 27.7 Å². The van der Waals surface area contributed by atoms with Gasteiger partial charge in [0.15, 0.2) is 11.8 Å². The van der Waals surface area contributed by atoms with Gasteiger partial charge >= 0.3 is 0 Å². The van der Waals surface area contributed by atoms with Crippen molar-refractivity contribution in [2.75, 3.05) is 13.2 Å². The second-order valence-electron chi connectivity index (χ2n) is 4.81. The molecule has 4 heteroatoms. The lowest BCUT2D eigenvalue weighted by Gasteiger charge is -2.22. The predicted octanol–water partition coefficient (Wildman–Crippen LogP) is 1.65. The molecule has 0 aromatic carbocycles. The van der Waals surface area contributed by atoms with Crippen LogP contribution in [0.25, 0.3) is 0 Å². The molecular weight excluding hydrogens is 192 g/mol. The van der Waals surface area contributed by atoms with Crippen LogP contribution in [-0.4, -0.2) is 37.1 Å². The molecule has 0 aromatic rings. The molecule has 2 aliphatic heterocycles. The maximum Gasteiger partial charge on any atom is 0.199 e. The minimum absolute atomic E-state index is 0.249. The van der Waals surface area contributed by atoms with E-state index in [0.29, 0.717) is 13.2 Å². The van der Waals surface area contributed by atoms with Gasteiger partial charge in [-0.25, -0.2) is 9.98 Å². The van der Waals surface area contributed by atoms with Crippen molar-refractivity contribution >= 4 is 11.8 Å². The van der Waals surface area contributed by atoms with Gasteiger partial charge in [-0.2, -0.15) is 0 Å². The molecule has 0 aliphatic carbocycles. The van der Waals surface area contributed by atoms with E-state index in [-0.39, 0.29) is 17.5 Å². The first-order chi connectivity index (χ1) is 7.00. The van der Waals surface area contributed by atoms with Crippen LogP contribution in [-0.2, 0) is 9.47 Å². The summed E-state index contributed by atoms with van der Waals surface area (Å²) >= 11 is 0. The molecule has 0 N–H and O–H groups in total. The average molecular weight is 210 g/mol. The highest BCUT2D eigenvalue weighted by Crippen LogP contribution is 2.28. The molecule has 2 aliphatic rings. The third-order valence-corrected chi connectivity index (χ3v) is 2.67. The first-order valence-electron chi connectivity index (χ1n) is 5.42. The summed E-state index contributed by atoms with van der Waals surface area (Å²) in [5.41, 5.74) is -0.324. The molecule has 2 rings (SSSR count). The molecule has 2 unspecified atom stereocenters. The maximum absolute atomic E-state index is 5.57. The largest absolute Gasteiger partial charge is 0.478 e. The lowest BCUT2D eigenvalue weighted by molar-refractivity contribution is 0.267. The first kappa shape index (κ1) is 10.5. The van der Waals surface area contributed by atoms with Crippen LogP contribution < -0.4 is 0 Å². The average Bonchev–Trinajstić information content (AvgIpc) is 2.74. The predicted molar refractivity (Wildman–Crippen MR) is 59.5 cm³/mol. The lowest BCUT2D eigenvalue weighted by atomic mass is 9.93. The Hall–Kier alpha value is -1.06. The monoisotopic (exact) mass is 210 g/mol. The highest BCUT2D eigenvalue weighted by Gasteiger charge is 2.39. The highest BCUT2D eigenvalue weighted by atomic mass is 16.5. The van der Waals surface area contributed by atoms with E-state index in [0.717, 1.165) is 11.8 Å². The number of nitrogens with zero attached hydrogens (tertiary/aromatic N) is 2. The maximum atomic E-state index is 5.57. The fourth-order valence-corrected chi connectivity index (χ4v) is 1.72. The van der Waals surface area contributed by atoms with Crippen molar-refractivity contribution in [1.29, 1.82) is 0 Å². The van der Waals surface area contributed by atoms with Gasteiger partial charge in [0.05, 0.1) is 12.1 Å². The summed E-state index contributed by atoms with van der Waals surface area (Å²) in [6.07, 6.45) is 0. The van der Waals surface area contributed by atoms with E-state index in [4.69, 9.17) is 9.47 Å². The zero-order valence-electron chi connectivity index (χ0n) is 9.78. The third kappa shape index (κ3) is 1.85. The smallest absolute Gasteiger partial charge is 0.199 e. The van der Waals surface area contributed by atoms with Crippen molar-refractivity contribution in [1.82, 2.24) is 0 Å². The van der Waals surface area contributed by atoms with Crippen molar-refractivity contribution in [3.63, 3.8) is 0 Å². The molecule has 2 heterocycles. The second-order valence-corrected chi connectivity index (χ2v) is 4.81. The summed E-state index contributed by atoms with van der Waals surface area (Å²) in [6, 6.07) is 0.498. The number of hydrogen-bond donors (Lipinski definition) is 0. The van der Waals surface area contributed by atoms with E-state index in [2.05, 4.69) is 9.98 Å². The van der Waals surface area contributed by atoms with Crippen LogP contribution in [0.3, 0.4) is 0 Å². The minimum atomic E-state index is -0.324. The fraction of sp³-hybridized carbons (Fsp3) is 0.818. The van der Waals surface area contributed by atoms with Crippen LogP contribution in [0.4, 0.5) is 0 Å². The van der Waals surface area contributed by atoms with E-state index in [1.165, 1.54) is 0 Å². The Balaban J connectivity index is 2.20. The Morgan fingerprint density at radius 3 is 1.67 bits per heavy atom. The van der Waals surface area contributed by atoms with Gasteiger partial charge in [0, 0.05) is 0 Å². The zero-order chi connectivity index (χ0) is 11.1. The van der Waals surface area contributed by atoms with Crippen LogP contribution >= 0.6 is 0 Å². The van der Waals surface area contributed by atoms with Gasteiger partial charge in [-0.3, -0.25) is 0 Å². The molecule has 0 fully saturated rings. The lowest BCUT2D eigenvalue weighted by Crippen LogP contribution is -2.34. The molecule has 0 radical (unpaired) electrons. The zero-order valence-corrected chi connectivity index (χ0v) is 9.78. The number of ether oxygens (including phenoxy) is 2. The Morgan fingerprint density at radius 2 is 1.40 bits per heavy atom. The number of rotatable bonds is 2. The highest BCUT2D eigenvalue weighted by molar-refractivity contribution is 6.05. The van der Waals surface area contributed by atoms with E-state index < -0.39 is 0 Å². The van der Waals surface area contributed by atoms with Gasteiger partial charge in [0.25, 0.3) is 0 Å². The molecule has 0 bridgehead atoms. The Labute approximate surface area is 90.4 Å². The van der Waals surface area contributed by atoms with Crippen LogP contribution in [0.2, 0.25) is 0 Å². The molecule has 2 atom stereocenters. The van der Waals surface area contributed by atoms with Gasteiger partial charge in [0.2, 0.25) is 0 Å². The summed E-state index contributed by atoms with van der Waals surface area (Å²) in [6.45, 7) is 9.51. The fourth-order valence-electron chi connectivity index (χ4n) is 1.72. The van der Waals surface area contributed by atoms with Gasteiger partial charge < -0.3 is 9.47 Å². The number of aliphatic imine (C=N–C) groups is 2. The van der Waals surface area contributed by atoms with E-state index >= 15 is 0 Å². The summed E-state index contributed by atoms with van der Waals surface area (Å²) in [5, 5.41) is 0. The SMILES string of the molecule is CC1COC(C(C)(C)C2=NC(C)CO2)=N1. The van der Waals surface area contributed by atoms with Crippen molar-refractivity contribution in [3.8, 4) is 0 Å². The molecular formula is C11H18N2O2. The van der Waals surface area contributed by atoms with Gasteiger partial charge in [-0.05, 0) is 27.7 Å². The Kier molecular flexibility index (Phi) is 2.44. The van der Waals surface area contributed by atoms with Crippen molar-refractivity contribution in [2.45, 2.75) is 39.8 Å². The van der Waals surface area contributed by atoms with E-state index in [9.17, 15) is 0 Å². The number of hydrogen-bond acceptors (Lipinski definition) is 4. The molecule has 4 nitrogen and oxygen atoms in total. The van der Waals surface area contributed by atoms with Crippen molar-refractivity contribution < 1.29 is 9.47 Å². The van der Waals surface area contributed by atoms with Gasteiger partial charge in [0.1, 0.15) is 18.6 Å². The second kappa shape index (κ2) is 3.51. The molecule has 15 heavy (non-hydrogen) atoms. The summed E-state index contributed by atoms with van der Waals surface area (Å²) in [5.74, 6) is 1.51. The molecule has 84 valence electrons. The minimum Gasteiger partial charge on any atom is -0.478 e. The Bertz CT molecular complexity index is 291. The standard InChI is InChI=1S/C11H18N2O2/c1-7-5-14-9(12-7)11(3,4)10-13-8(2)6-15-10/h7-8H,5-6H2,1-4H3. The summed E-state index contributed by atoms with van der Waals surface area (Å²) in [7, 11) is 0. The van der Waals surface area contributed by atoms with E-state index in [1.54, 1.807) is 0 Å². The molecule has 0 amide bonds. The van der Waals surface area contributed by atoms with Crippen LogP contribution in [0.1, 0.15) is 27.7 Å². The van der Waals surface area contributed by atoms with Gasteiger partial charge in [-0.15, -0.1) is 0 Å². The summed E-state index contributed by atoms with van der Waals surface area (Å²) in [4.78, 5) is 8.93. The molecule has 0 saturated carbocycles. The van der Waals surface area contributed by atoms with Crippen molar-refractivity contribution in [3.05, 3.63) is 0 Å². The first-order valence-corrected chi connectivity index (χ1v) is 5.42. The third-order valence-electron chi connectivity index (χ3n) is 2.67. The summed E-state index contributed by atoms with van der Waals surface area (Å²) < 4.78 is 11.1. The Morgan fingerprint density at radius 1 is 1.00 bits per heavy atom.